The fourth-order valence-corrected chi connectivity index (χ4v) is 3.53. The maximum absolute atomic E-state index is 3.72. The highest BCUT2D eigenvalue weighted by molar-refractivity contribution is 9.10. The highest BCUT2D eigenvalue weighted by Gasteiger charge is 2.05. The van der Waals surface area contributed by atoms with Gasteiger partial charge in [0.15, 0.2) is 0 Å². The van der Waals surface area contributed by atoms with Crippen molar-refractivity contribution in [2.24, 2.45) is 0 Å². The Morgan fingerprint density at radius 3 is 2.28 bits per heavy atom. The van der Waals surface area contributed by atoms with Gasteiger partial charge in [-0.25, -0.2) is 0 Å². The van der Waals surface area contributed by atoms with E-state index in [9.17, 15) is 0 Å². The number of fused-ring (bicyclic) bond motifs is 1. The van der Waals surface area contributed by atoms with Crippen molar-refractivity contribution in [3.05, 3.63) is 71.2 Å². The highest BCUT2D eigenvalue weighted by Crippen LogP contribution is 2.37. The topological polar surface area (TPSA) is 0 Å². The Morgan fingerprint density at radius 2 is 1.44 bits per heavy atom. The molecule has 3 aromatic carbocycles. The van der Waals surface area contributed by atoms with Gasteiger partial charge in [-0.05, 0) is 44.9 Å². The van der Waals surface area contributed by atoms with Gasteiger partial charge in [0, 0.05) is 14.3 Å². The van der Waals surface area contributed by atoms with Gasteiger partial charge < -0.3 is 0 Å². The lowest BCUT2D eigenvalue weighted by Crippen LogP contribution is -1.79. The second-order valence-corrected chi connectivity index (χ2v) is 5.92. The van der Waals surface area contributed by atoms with Gasteiger partial charge in [0.2, 0.25) is 0 Å². The van der Waals surface area contributed by atoms with Crippen molar-refractivity contribution in [2.75, 3.05) is 0 Å². The minimum atomic E-state index is 1.18. The molecule has 0 radical (unpaired) electrons. The van der Waals surface area contributed by atoms with Gasteiger partial charge in [0.05, 0.1) is 0 Å². The van der Waals surface area contributed by atoms with Crippen LogP contribution in [0.25, 0.3) is 10.8 Å². The van der Waals surface area contributed by atoms with Crippen LogP contribution in [0.1, 0.15) is 0 Å². The standard InChI is InChI=1S/C16H11BrS/c17-16-14-9-5-4-6-12(14)10-11-15(16)18-13-7-2-1-3-8-13/h1-11H. The summed E-state index contributed by atoms with van der Waals surface area (Å²) in [6.45, 7) is 0. The number of hydrogen-bond acceptors (Lipinski definition) is 1. The molecule has 0 N–H and O–H groups in total. The van der Waals surface area contributed by atoms with Crippen LogP contribution < -0.4 is 0 Å². The van der Waals surface area contributed by atoms with Crippen molar-refractivity contribution in [1.82, 2.24) is 0 Å². The van der Waals surface area contributed by atoms with Crippen molar-refractivity contribution in [3.63, 3.8) is 0 Å². The van der Waals surface area contributed by atoms with Crippen molar-refractivity contribution in [1.29, 1.82) is 0 Å². The molecule has 0 saturated carbocycles. The molecule has 0 heterocycles. The number of rotatable bonds is 2. The molecule has 0 bridgehead atoms. The van der Waals surface area contributed by atoms with Crippen molar-refractivity contribution < 1.29 is 0 Å². The van der Waals surface area contributed by atoms with E-state index >= 15 is 0 Å². The number of hydrogen-bond donors (Lipinski definition) is 0. The third-order valence-electron chi connectivity index (χ3n) is 2.80. The summed E-state index contributed by atoms with van der Waals surface area (Å²) in [6.07, 6.45) is 0. The predicted octanol–water partition coefficient (Wildman–Crippen LogP) is 5.75. The lowest BCUT2D eigenvalue weighted by Gasteiger charge is -2.07. The Hall–Kier alpha value is -1.25. The fraction of sp³-hybridized carbons (Fsp3) is 0. The van der Waals surface area contributed by atoms with Gasteiger partial charge in [-0.1, -0.05) is 60.3 Å². The zero-order valence-corrected chi connectivity index (χ0v) is 12.0. The van der Waals surface area contributed by atoms with Crippen molar-refractivity contribution in [3.8, 4) is 0 Å². The van der Waals surface area contributed by atoms with Crippen LogP contribution in [-0.4, -0.2) is 0 Å². The monoisotopic (exact) mass is 314 g/mol. The van der Waals surface area contributed by atoms with Gasteiger partial charge in [0.25, 0.3) is 0 Å². The summed E-state index contributed by atoms with van der Waals surface area (Å²) in [5.41, 5.74) is 0. The second-order valence-electron chi connectivity index (χ2n) is 4.01. The maximum Gasteiger partial charge on any atom is 0.0393 e. The molecule has 0 fully saturated rings. The largest absolute Gasteiger partial charge is 0.0889 e. The lowest BCUT2D eigenvalue weighted by atomic mass is 10.1. The Kier molecular flexibility index (Phi) is 3.39. The molecule has 3 rings (SSSR count). The van der Waals surface area contributed by atoms with E-state index in [-0.39, 0.29) is 0 Å². The summed E-state index contributed by atoms with van der Waals surface area (Å²) < 4.78 is 1.18. The molecule has 0 spiro atoms. The Balaban J connectivity index is 2.05. The highest BCUT2D eigenvalue weighted by atomic mass is 79.9. The molecule has 0 aromatic heterocycles. The molecule has 88 valence electrons. The van der Waals surface area contributed by atoms with E-state index in [1.807, 2.05) is 6.07 Å². The molecular formula is C16H11BrS. The molecule has 0 unspecified atom stereocenters. The van der Waals surface area contributed by atoms with E-state index < -0.39 is 0 Å². The van der Waals surface area contributed by atoms with Gasteiger partial charge in [-0.3, -0.25) is 0 Å². The zero-order valence-electron chi connectivity index (χ0n) is 9.64. The smallest absolute Gasteiger partial charge is 0.0393 e. The van der Waals surface area contributed by atoms with Crippen LogP contribution >= 0.6 is 27.7 Å². The van der Waals surface area contributed by atoms with Gasteiger partial charge in [0.1, 0.15) is 0 Å². The van der Waals surface area contributed by atoms with E-state index in [2.05, 4.69) is 76.6 Å². The Bertz CT molecular complexity index is 677. The van der Waals surface area contributed by atoms with Crippen LogP contribution in [0, 0.1) is 0 Å². The lowest BCUT2D eigenvalue weighted by molar-refractivity contribution is 1.40. The maximum atomic E-state index is 3.72. The average Bonchev–Trinajstić information content (AvgIpc) is 2.43. The molecule has 0 atom stereocenters. The Labute approximate surface area is 119 Å². The first-order chi connectivity index (χ1) is 8.84. The van der Waals surface area contributed by atoms with Crippen LogP contribution in [0.3, 0.4) is 0 Å². The summed E-state index contributed by atoms with van der Waals surface area (Å²) in [4.78, 5) is 2.51. The first kappa shape index (κ1) is 11.8. The van der Waals surface area contributed by atoms with Gasteiger partial charge in [-0.15, -0.1) is 0 Å². The zero-order chi connectivity index (χ0) is 12.4. The normalized spacial score (nSPS) is 10.7. The van der Waals surface area contributed by atoms with Gasteiger partial charge in [-0.2, -0.15) is 0 Å². The first-order valence-electron chi connectivity index (χ1n) is 5.75. The minimum Gasteiger partial charge on any atom is -0.0889 e. The minimum absolute atomic E-state index is 1.18. The molecule has 0 saturated heterocycles. The fourth-order valence-electron chi connectivity index (χ4n) is 1.91. The molecular weight excluding hydrogens is 304 g/mol. The Morgan fingerprint density at radius 1 is 0.722 bits per heavy atom. The van der Waals surface area contributed by atoms with E-state index in [0.29, 0.717) is 0 Å². The summed E-state index contributed by atoms with van der Waals surface area (Å²) in [5, 5.41) is 2.53. The van der Waals surface area contributed by atoms with E-state index in [0.717, 1.165) is 0 Å². The van der Waals surface area contributed by atoms with Crippen LogP contribution in [0.5, 0.6) is 0 Å². The molecule has 0 amide bonds. The first-order valence-corrected chi connectivity index (χ1v) is 7.36. The van der Waals surface area contributed by atoms with E-state index in [4.69, 9.17) is 0 Å². The molecule has 0 aliphatic rings. The van der Waals surface area contributed by atoms with Crippen LogP contribution in [0.15, 0.2) is 81.0 Å². The molecule has 0 nitrogen and oxygen atoms in total. The molecule has 0 aliphatic carbocycles. The van der Waals surface area contributed by atoms with Crippen molar-refractivity contribution >= 4 is 38.5 Å². The molecule has 2 heteroatoms. The van der Waals surface area contributed by atoms with Gasteiger partial charge >= 0.3 is 0 Å². The number of benzene rings is 3. The molecule has 3 aromatic rings. The summed E-state index contributed by atoms with van der Waals surface area (Å²) >= 11 is 5.50. The van der Waals surface area contributed by atoms with Crippen LogP contribution in [0.4, 0.5) is 0 Å². The summed E-state index contributed by atoms with van der Waals surface area (Å²) in [6, 6.07) is 23.2. The third kappa shape index (κ3) is 2.31. The van der Waals surface area contributed by atoms with E-state index in [1.54, 1.807) is 11.8 Å². The summed E-state index contributed by atoms with van der Waals surface area (Å²) in [7, 11) is 0. The third-order valence-corrected chi connectivity index (χ3v) is 4.98. The predicted molar refractivity (Wildman–Crippen MR) is 82.2 cm³/mol. The van der Waals surface area contributed by atoms with E-state index in [1.165, 1.54) is 25.0 Å². The summed E-state index contributed by atoms with van der Waals surface area (Å²) in [5.74, 6) is 0. The SMILES string of the molecule is Brc1c(Sc2ccccc2)ccc2ccccc12. The van der Waals surface area contributed by atoms with Crippen LogP contribution in [0.2, 0.25) is 0 Å². The molecule has 0 aliphatic heterocycles. The quantitative estimate of drug-likeness (QED) is 0.580. The molecule has 18 heavy (non-hydrogen) atoms. The van der Waals surface area contributed by atoms with Crippen molar-refractivity contribution in [2.45, 2.75) is 9.79 Å². The average molecular weight is 315 g/mol. The second kappa shape index (κ2) is 5.17. The number of halogens is 1. The van der Waals surface area contributed by atoms with Crippen LogP contribution in [-0.2, 0) is 0 Å².